The van der Waals surface area contributed by atoms with Gasteiger partial charge in [-0.25, -0.2) is 9.97 Å². The molecule has 0 atom stereocenters. The molecule has 0 bridgehead atoms. The summed E-state index contributed by atoms with van der Waals surface area (Å²) in [5.41, 5.74) is 8.04. The molecule has 0 spiro atoms. The van der Waals surface area contributed by atoms with Crippen LogP contribution >= 0.6 is 0 Å². The van der Waals surface area contributed by atoms with Crippen LogP contribution in [-0.4, -0.2) is 41.3 Å². The molecular weight excluding hydrogens is 282 g/mol. The SMILES string of the molecule is Nc1nc(N2CCOCC2)c2nc(-c3ccco3)ccc2n1. The third-order valence-corrected chi connectivity index (χ3v) is 3.63. The second-order valence-electron chi connectivity index (χ2n) is 5.05. The topological polar surface area (TPSA) is 90.3 Å². The molecule has 1 aliphatic heterocycles. The van der Waals surface area contributed by atoms with Gasteiger partial charge in [-0.3, -0.25) is 0 Å². The van der Waals surface area contributed by atoms with Crippen LogP contribution in [0.25, 0.3) is 22.5 Å². The summed E-state index contributed by atoms with van der Waals surface area (Å²) in [4.78, 5) is 15.5. The first-order valence-corrected chi connectivity index (χ1v) is 7.12. The van der Waals surface area contributed by atoms with Gasteiger partial charge in [-0.05, 0) is 24.3 Å². The Morgan fingerprint density at radius 3 is 2.68 bits per heavy atom. The van der Waals surface area contributed by atoms with E-state index in [2.05, 4.69) is 19.9 Å². The van der Waals surface area contributed by atoms with E-state index in [4.69, 9.17) is 14.9 Å². The number of aromatic nitrogens is 3. The van der Waals surface area contributed by atoms with E-state index in [0.29, 0.717) is 19.0 Å². The Labute approximate surface area is 126 Å². The second-order valence-corrected chi connectivity index (χ2v) is 5.05. The predicted molar refractivity (Wildman–Crippen MR) is 82.5 cm³/mol. The fourth-order valence-electron chi connectivity index (χ4n) is 2.57. The van der Waals surface area contributed by atoms with Crippen molar-refractivity contribution < 1.29 is 9.15 Å². The van der Waals surface area contributed by atoms with Gasteiger partial charge in [-0.2, -0.15) is 4.98 Å². The number of fused-ring (bicyclic) bond motifs is 1. The van der Waals surface area contributed by atoms with Gasteiger partial charge in [0.05, 0.1) is 25.0 Å². The molecule has 0 aliphatic carbocycles. The van der Waals surface area contributed by atoms with Crippen LogP contribution in [-0.2, 0) is 4.74 Å². The zero-order valence-electron chi connectivity index (χ0n) is 11.9. The Morgan fingerprint density at radius 1 is 1.05 bits per heavy atom. The standard InChI is InChI=1S/C15H15N5O2/c16-15-18-11-4-3-10(12-2-1-7-22-12)17-13(11)14(19-15)20-5-8-21-9-6-20/h1-4,7H,5-6,8-9H2,(H2,16,18,19). The van der Waals surface area contributed by atoms with Crippen molar-refractivity contribution in [2.24, 2.45) is 0 Å². The average molecular weight is 297 g/mol. The van der Waals surface area contributed by atoms with Crippen LogP contribution in [0.15, 0.2) is 34.9 Å². The first-order valence-electron chi connectivity index (χ1n) is 7.12. The summed E-state index contributed by atoms with van der Waals surface area (Å²) in [7, 11) is 0. The summed E-state index contributed by atoms with van der Waals surface area (Å²) in [6.45, 7) is 2.86. The molecule has 22 heavy (non-hydrogen) atoms. The molecule has 3 aromatic rings. The first-order chi connectivity index (χ1) is 10.8. The number of ether oxygens (including phenoxy) is 1. The lowest BCUT2D eigenvalue weighted by Crippen LogP contribution is -2.37. The monoisotopic (exact) mass is 297 g/mol. The fraction of sp³-hybridized carbons (Fsp3) is 0.267. The minimum absolute atomic E-state index is 0.251. The first kappa shape index (κ1) is 13.0. The molecule has 3 aromatic heterocycles. The number of hydrogen-bond donors (Lipinski definition) is 1. The van der Waals surface area contributed by atoms with E-state index in [9.17, 15) is 0 Å². The minimum atomic E-state index is 0.251. The van der Waals surface area contributed by atoms with Crippen molar-refractivity contribution in [2.45, 2.75) is 0 Å². The highest BCUT2D eigenvalue weighted by Gasteiger charge is 2.18. The van der Waals surface area contributed by atoms with Crippen LogP contribution < -0.4 is 10.6 Å². The zero-order valence-corrected chi connectivity index (χ0v) is 11.9. The van der Waals surface area contributed by atoms with Crippen molar-refractivity contribution in [3.8, 4) is 11.5 Å². The molecule has 0 radical (unpaired) electrons. The third-order valence-electron chi connectivity index (χ3n) is 3.63. The van der Waals surface area contributed by atoms with Gasteiger partial charge in [0.2, 0.25) is 5.95 Å². The van der Waals surface area contributed by atoms with E-state index in [1.165, 1.54) is 0 Å². The number of nitrogen functional groups attached to an aromatic ring is 1. The molecule has 0 aromatic carbocycles. The average Bonchev–Trinajstić information content (AvgIpc) is 3.09. The maximum absolute atomic E-state index is 5.84. The lowest BCUT2D eigenvalue weighted by molar-refractivity contribution is 0.122. The van der Waals surface area contributed by atoms with Gasteiger partial charge in [0.25, 0.3) is 0 Å². The molecule has 1 saturated heterocycles. The van der Waals surface area contributed by atoms with E-state index in [1.807, 2.05) is 24.3 Å². The summed E-state index contributed by atoms with van der Waals surface area (Å²) in [6, 6.07) is 7.48. The largest absolute Gasteiger partial charge is 0.463 e. The smallest absolute Gasteiger partial charge is 0.222 e. The number of morpholine rings is 1. The summed E-state index contributed by atoms with van der Waals surface area (Å²) in [5.74, 6) is 1.72. The maximum Gasteiger partial charge on any atom is 0.222 e. The number of anilines is 2. The number of nitrogens with zero attached hydrogens (tertiary/aromatic N) is 4. The van der Waals surface area contributed by atoms with Crippen LogP contribution in [0.5, 0.6) is 0 Å². The van der Waals surface area contributed by atoms with Crippen molar-refractivity contribution >= 4 is 22.8 Å². The van der Waals surface area contributed by atoms with E-state index in [1.54, 1.807) is 6.26 Å². The number of rotatable bonds is 2. The molecule has 1 aliphatic rings. The Balaban J connectivity index is 1.87. The fourth-order valence-corrected chi connectivity index (χ4v) is 2.57. The van der Waals surface area contributed by atoms with Crippen molar-refractivity contribution in [3.63, 3.8) is 0 Å². The van der Waals surface area contributed by atoms with Crippen molar-refractivity contribution in [2.75, 3.05) is 36.9 Å². The Kier molecular flexibility index (Phi) is 3.12. The molecule has 4 heterocycles. The highest BCUT2D eigenvalue weighted by atomic mass is 16.5. The summed E-state index contributed by atoms with van der Waals surface area (Å²) < 4.78 is 10.8. The lowest BCUT2D eigenvalue weighted by atomic mass is 10.2. The van der Waals surface area contributed by atoms with E-state index in [0.717, 1.165) is 35.6 Å². The third kappa shape index (κ3) is 2.25. The van der Waals surface area contributed by atoms with Crippen LogP contribution in [0.2, 0.25) is 0 Å². The molecule has 1 fully saturated rings. The van der Waals surface area contributed by atoms with Gasteiger partial charge in [-0.1, -0.05) is 0 Å². The quantitative estimate of drug-likeness (QED) is 0.769. The highest BCUT2D eigenvalue weighted by molar-refractivity contribution is 5.88. The van der Waals surface area contributed by atoms with Gasteiger partial charge in [-0.15, -0.1) is 0 Å². The van der Waals surface area contributed by atoms with Crippen LogP contribution in [0.3, 0.4) is 0 Å². The number of hydrogen-bond acceptors (Lipinski definition) is 7. The molecule has 0 amide bonds. The predicted octanol–water partition coefficient (Wildman–Crippen LogP) is 1.70. The van der Waals surface area contributed by atoms with Gasteiger partial charge in [0, 0.05) is 13.1 Å². The molecule has 0 saturated carbocycles. The molecule has 7 nitrogen and oxygen atoms in total. The molecule has 0 unspecified atom stereocenters. The molecule has 2 N–H and O–H groups in total. The van der Waals surface area contributed by atoms with Gasteiger partial charge >= 0.3 is 0 Å². The minimum Gasteiger partial charge on any atom is -0.463 e. The van der Waals surface area contributed by atoms with Crippen molar-refractivity contribution in [3.05, 3.63) is 30.5 Å². The van der Waals surface area contributed by atoms with Crippen molar-refractivity contribution in [1.82, 2.24) is 15.0 Å². The molecule has 7 heteroatoms. The van der Waals surface area contributed by atoms with Crippen molar-refractivity contribution in [1.29, 1.82) is 0 Å². The van der Waals surface area contributed by atoms with Gasteiger partial charge < -0.3 is 19.8 Å². The normalized spacial score (nSPS) is 15.4. The van der Waals surface area contributed by atoms with Gasteiger partial charge in [0.1, 0.15) is 11.2 Å². The zero-order chi connectivity index (χ0) is 14.9. The Hall–Kier alpha value is -2.67. The Bertz CT molecular complexity index is 797. The Morgan fingerprint density at radius 2 is 1.91 bits per heavy atom. The molecular formula is C15H15N5O2. The summed E-state index contributed by atoms with van der Waals surface area (Å²) >= 11 is 0. The summed E-state index contributed by atoms with van der Waals surface area (Å²) in [5, 5.41) is 0. The maximum atomic E-state index is 5.84. The molecule has 4 rings (SSSR count). The van der Waals surface area contributed by atoms with Crippen LogP contribution in [0.1, 0.15) is 0 Å². The lowest BCUT2D eigenvalue weighted by Gasteiger charge is -2.28. The second kappa shape index (κ2) is 5.27. The number of nitrogens with two attached hydrogens (primary N) is 1. The summed E-state index contributed by atoms with van der Waals surface area (Å²) in [6.07, 6.45) is 1.63. The highest BCUT2D eigenvalue weighted by Crippen LogP contribution is 2.27. The van der Waals surface area contributed by atoms with Gasteiger partial charge in [0.15, 0.2) is 11.6 Å². The van der Waals surface area contributed by atoms with E-state index >= 15 is 0 Å². The number of furan rings is 1. The van der Waals surface area contributed by atoms with Crippen LogP contribution in [0.4, 0.5) is 11.8 Å². The van der Waals surface area contributed by atoms with E-state index < -0.39 is 0 Å². The van der Waals surface area contributed by atoms with E-state index in [-0.39, 0.29) is 5.95 Å². The number of pyridine rings is 1. The van der Waals surface area contributed by atoms with Crippen LogP contribution in [0, 0.1) is 0 Å². The molecule has 112 valence electrons.